The molecule has 2 rings (SSSR count). The fourth-order valence-corrected chi connectivity index (χ4v) is 2.12. The lowest BCUT2D eigenvalue weighted by Gasteiger charge is -2.08. The minimum absolute atomic E-state index is 0.638. The van der Waals surface area contributed by atoms with Gasteiger partial charge in [0, 0.05) is 19.9 Å². The van der Waals surface area contributed by atoms with Gasteiger partial charge in [-0.1, -0.05) is 24.3 Å². The average molecular weight is 355 g/mol. The number of hydrogen-bond acceptors (Lipinski definition) is 4. The van der Waals surface area contributed by atoms with Gasteiger partial charge in [-0.05, 0) is 33.7 Å². The van der Waals surface area contributed by atoms with Crippen LogP contribution in [0.5, 0.6) is 0 Å². The summed E-state index contributed by atoms with van der Waals surface area (Å²) in [4.78, 5) is 8.16. The van der Waals surface area contributed by atoms with Crippen LogP contribution >= 0.6 is 22.6 Å². The summed E-state index contributed by atoms with van der Waals surface area (Å²) in [7, 11) is 1.70. The SMILES string of the molecule is COCc1cccc(CNc2ncncc2I)c1. The molecule has 1 heterocycles. The van der Waals surface area contributed by atoms with Gasteiger partial charge in [0.2, 0.25) is 0 Å². The Morgan fingerprint density at radius 3 is 2.94 bits per heavy atom. The molecule has 4 nitrogen and oxygen atoms in total. The molecule has 0 aliphatic heterocycles. The topological polar surface area (TPSA) is 47.0 Å². The highest BCUT2D eigenvalue weighted by molar-refractivity contribution is 14.1. The lowest BCUT2D eigenvalue weighted by Crippen LogP contribution is -2.04. The van der Waals surface area contributed by atoms with Gasteiger partial charge in [-0.25, -0.2) is 9.97 Å². The van der Waals surface area contributed by atoms with Gasteiger partial charge in [-0.2, -0.15) is 0 Å². The lowest BCUT2D eigenvalue weighted by atomic mass is 10.1. The van der Waals surface area contributed by atoms with E-state index in [1.54, 1.807) is 19.6 Å². The monoisotopic (exact) mass is 355 g/mol. The van der Waals surface area contributed by atoms with E-state index in [0.717, 1.165) is 15.9 Å². The van der Waals surface area contributed by atoms with Crippen molar-refractivity contribution < 1.29 is 4.74 Å². The molecule has 0 saturated carbocycles. The van der Waals surface area contributed by atoms with Crippen molar-refractivity contribution in [3.05, 3.63) is 51.5 Å². The molecule has 0 spiro atoms. The van der Waals surface area contributed by atoms with E-state index in [9.17, 15) is 0 Å². The Morgan fingerprint density at radius 2 is 2.17 bits per heavy atom. The second-order valence-electron chi connectivity index (χ2n) is 3.83. The number of aromatic nitrogens is 2. The summed E-state index contributed by atoms with van der Waals surface area (Å²) in [5.74, 6) is 0.864. The highest BCUT2D eigenvalue weighted by Gasteiger charge is 2.01. The van der Waals surface area contributed by atoms with Gasteiger partial charge in [-0.3, -0.25) is 0 Å². The Bertz CT molecular complexity index is 519. The average Bonchev–Trinajstić information content (AvgIpc) is 2.39. The van der Waals surface area contributed by atoms with Crippen molar-refractivity contribution in [3.63, 3.8) is 0 Å². The Balaban J connectivity index is 2.02. The van der Waals surface area contributed by atoms with Gasteiger partial charge in [0.1, 0.15) is 12.1 Å². The first-order chi connectivity index (χ1) is 8.79. The van der Waals surface area contributed by atoms with Crippen molar-refractivity contribution in [3.8, 4) is 0 Å². The highest BCUT2D eigenvalue weighted by atomic mass is 127. The number of rotatable bonds is 5. The van der Waals surface area contributed by atoms with E-state index in [1.165, 1.54) is 11.1 Å². The summed E-state index contributed by atoms with van der Waals surface area (Å²) in [6.07, 6.45) is 3.34. The van der Waals surface area contributed by atoms with Gasteiger partial charge in [-0.15, -0.1) is 0 Å². The first kappa shape index (κ1) is 13.2. The fourth-order valence-electron chi connectivity index (χ4n) is 1.62. The molecule has 18 heavy (non-hydrogen) atoms. The molecule has 0 saturated heterocycles. The van der Waals surface area contributed by atoms with Crippen LogP contribution in [-0.2, 0) is 17.9 Å². The van der Waals surface area contributed by atoms with E-state index in [2.05, 4.69) is 56.1 Å². The second kappa shape index (κ2) is 6.65. The maximum absolute atomic E-state index is 5.12. The first-order valence-corrected chi connectivity index (χ1v) is 6.63. The second-order valence-corrected chi connectivity index (χ2v) is 4.99. The van der Waals surface area contributed by atoms with Crippen molar-refractivity contribution >= 4 is 28.4 Å². The fraction of sp³-hybridized carbons (Fsp3) is 0.231. The Hall–Kier alpha value is -1.21. The molecule has 2 aromatic rings. The zero-order valence-electron chi connectivity index (χ0n) is 10.1. The van der Waals surface area contributed by atoms with E-state index >= 15 is 0 Å². The molecular formula is C13H14IN3O. The number of hydrogen-bond donors (Lipinski definition) is 1. The van der Waals surface area contributed by atoms with Gasteiger partial charge in [0.15, 0.2) is 0 Å². The van der Waals surface area contributed by atoms with E-state index in [1.807, 2.05) is 6.07 Å². The molecule has 0 aliphatic rings. The van der Waals surface area contributed by atoms with Crippen molar-refractivity contribution in [1.82, 2.24) is 9.97 Å². The minimum Gasteiger partial charge on any atom is -0.380 e. The standard InChI is InChI=1S/C13H14IN3O/c1-18-8-11-4-2-3-10(5-11)6-16-13-12(14)7-15-9-17-13/h2-5,7,9H,6,8H2,1H3,(H,15,16,17). The molecule has 1 aromatic heterocycles. The number of benzene rings is 1. The summed E-state index contributed by atoms with van der Waals surface area (Å²) < 4.78 is 6.14. The molecule has 1 aromatic carbocycles. The van der Waals surface area contributed by atoms with Gasteiger partial charge in [0.25, 0.3) is 0 Å². The number of halogens is 1. The van der Waals surface area contributed by atoms with Crippen LogP contribution in [0.3, 0.4) is 0 Å². The number of nitrogens with zero attached hydrogens (tertiary/aromatic N) is 2. The predicted molar refractivity (Wildman–Crippen MR) is 79.2 cm³/mol. The van der Waals surface area contributed by atoms with E-state index in [-0.39, 0.29) is 0 Å². The molecule has 1 N–H and O–H groups in total. The third-order valence-electron chi connectivity index (χ3n) is 2.43. The van der Waals surface area contributed by atoms with Crippen LogP contribution in [0, 0.1) is 3.57 Å². The molecule has 0 radical (unpaired) electrons. The Kier molecular flexibility index (Phi) is 4.89. The van der Waals surface area contributed by atoms with Crippen LogP contribution in [0.4, 0.5) is 5.82 Å². The van der Waals surface area contributed by atoms with Crippen molar-refractivity contribution in [1.29, 1.82) is 0 Å². The molecule has 0 unspecified atom stereocenters. The van der Waals surface area contributed by atoms with Crippen LogP contribution < -0.4 is 5.32 Å². The van der Waals surface area contributed by atoms with Gasteiger partial charge < -0.3 is 10.1 Å². The van der Waals surface area contributed by atoms with Crippen molar-refractivity contribution in [2.24, 2.45) is 0 Å². The van der Waals surface area contributed by atoms with E-state index in [0.29, 0.717) is 6.61 Å². The quantitative estimate of drug-likeness (QED) is 0.838. The number of methoxy groups -OCH3 is 1. The zero-order valence-corrected chi connectivity index (χ0v) is 12.2. The Labute approximate surface area is 120 Å². The first-order valence-electron chi connectivity index (χ1n) is 5.55. The third kappa shape index (κ3) is 3.64. The smallest absolute Gasteiger partial charge is 0.143 e. The summed E-state index contributed by atoms with van der Waals surface area (Å²) in [6, 6.07) is 8.31. The third-order valence-corrected chi connectivity index (χ3v) is 3.22. The number of nitrogens with one attached hydrogen (secondary N) is 1. The van der Waals surface area contributed by atoms with Gasteiger partial charge >= 0.3 is 0 Å². The maximum Gasteiger partial charge on any atom is 0.143 e. The van der Waals surface area contributed by atoms with Crippen molar-refractivity contribution in [2.45, 2.75) is 13.2 Å². The molecule has 0 fully saturated rings. The highest BCUT2D eigenvalue weighted by Crippen LogP contribution is 2.14. The number of ether oxygens (including phenoxy) is 1. The molecular weight excluding hydrogens is 341 g/mol. The normalized spacial score (nSPS) is 10.3. The predicted octanol–water partition coefficient (Wildman–Crippen LogP) is 2.84. The number of anilines is 1. The van der Waals surface area contributed by atoms with Crippen LogP contribution in [-0.4, -0.2) is 17.1 Å². The van der Waals surface area contributed by atoms with E-state index in [4.69, 9.17) is 4.74 Å². The summed E-state index contributed by atoms with van der Waals surface area (Å²) in [5.41, 5.74) is 2.38. The molecule has 0 aliphatic carbocycles. The van der Waals surface area contributed by atoms with Crippen molar-refractivity contribution in [2.75, 3.05) is 12.4 Å². The Morgan fingerprint density at radius 1 is 1.33 bits per heavy atom. The maximum atomic E-state index is 5.12. The summed E-state index contributed by atoms with van der Waals surface area (Å²) in [6.45, 7) is 1.38. The summed E-state index contributed by atoms with van der Waals surface area (Å²) >= 11 is 2.22. The van der Waals surface area contributed by atoms with E-state index < -0.39 is 0 Å². The summed E-state index contributed by atoms with van der Waals surface area (Å²) in [5, 5.41) is 3.30. The molecule has 0 atom stereocenters. The molecule has 0 amide bonds. The molecule has 0 bridgehead atoms. The zero-order chi connectivity index (χ0) is 12.8. The minimum atomic E-state index is 0.638. The molecule has 5 heteroatoms. The van der Waals surface area contributed by atoms with Crippen LogP contribution in [0.2, 0.25) is 0 Å². The van der Waals surface area contributed by atoms with Gasteiger partial charge in [0.05, 0.1) is 10.2 Å². The van der Waals surface area contributed by atoms with Crippen LogP contribution in [0.15, 0.2) is 36.8 Å². The van der Waals surface area contributed by atoms with Crippen LogP contribution in [0.1, 0.15) is 11.1 Å². The van der Waals surface area contributed by atoms with Crippen LogP contribution in [0.25, 0.3) is 0 Å². The lowest BCUT2D eigenvalue weighted by molar-refractivity contribution is 0.185. The largest absolute Gasteiger partial charge is 0.380 e. The molecule has 94 valence electrons.